The van der Waals surface area contributed by atoms with E-state index in [0.717, 1.165) is 0 Å². The number of rotatable bonds is 4. The molecule has 0 saturated carbocycles. The summed E-state index contributed by atoms with van der Waals surface area (Å²) in [6, 6.07) is 9.88. The first kappa shape index (κ1) is 14.4. The molecule has 0 unspecified atom stereocenters. The maximum absolute atomic E-state index is 11.4. The van der Waals surface area contributed by atoms with Crippen molar-refractivity contribution in [2.24, 2.45) is 0 Å². The highest BCUT2D eigenvalue weighted by Crippen LogP contribution is 2.26. The molecule has 108 valence electrons. The third-order valence-electron chi connectivity index (χ3n) is 2.95. The van der Waals surface area contributed by atoms with E-state index in [4.69, 9.17) is 0 Å². The number of pyridine rings is 1. The zero-order valence-corrected chi connectivity index (χ0v) is 11.6. The molecule has 0 saturated heterocycles. The molecule has 7 nitrogen and oxygen atoms in total. The van der Waals surface area contributed by atoms with Gasteiger partial charge in [-0.05, 0) is 24.3 Å². The zero-order valence-electron chi connectivity index (χ0n) is 11.6. The van der Waals surface area contributed by atoms with E-state index in [1.165, 1.54) is 30.2 Å². The Balaban J connectivity index is 2.31. The number of carbonyl (C=O) groups is 1. The van der Waals surface area contributed by atoms with Crippen molar-refractivity contribution < 1.29 is 9.72 Å². The van der Waals surface area contributed by atoms with Crippen LogP contribution in [-0.4, -0.2) is 22.9 Å². The van der Waals surface area contributed by atoms with E-state index in [9.17, 15) is 14.9 Å². The molecule has 1 amide bonds. The van der Waals surface area contributed by atoms with Crippen molar-refractivity contribution in [2.75, 3.05) is 17.3 Å². The quantitative estimate of drug-likeness (QED) is 0.689. The van der Waals surface area contributed by atoms with E-state index < -0.39 is 4.92 Å². The highest BCUT2D eigenvalue weighted by Gasteiger charge is 2.14. The summed E-state index contributed by atoms with van der Waals surface area (Å²) in [6.45, 7) is 1.46. The molecular formula is C14H14N4O3. The van der Waals surface area contributed by atoms with Crippen LogP contribution in [0.15, 0.2) is 42.6 Å². The fourth-order valence-electron chi connectivity index (χ4n) is 1.75. The molecule has 2 aromatic rings. The lowest BCUT2D eigenvalue weighted by Gasteiger charge is -2.16. The topological polar surface area (TPSA) is 88.4 Å². The van der Waals surface area contributed by atoms with Gasteiger partial charge in [0.15, 0.2) is 0 Å². The first-order chi connectivity index (χ1) is 9.99. The van der Waals surface area contributed by atoms with Crippen molar-refractivity contribution in [1.29, 1.82) is 0 Å². The number of hydrogen-bond donors (Lipinski definition) is 1. The molecule has 0 aliphatic heterocycles. The van der Waals surface area contributed by atoms with Gasteiger partial charge in [0, 0.05) is 37.6 Å². The highest BCUT2D eigenvalue weighted by molar-refractivity contribution is 5.91. The van der Waals surface area contributed by atoms with Gasteiger partial charge in [-0.25, -0.2) is 4.98 Å². The third-order valence-corrected chi connectivity index (χ3v) is 2.95. The largest absolute Gasteiger partial charge is 0.334 e. The van der Waals surface area contributed by atoms with Crippen LogP contribution in [0.2, 0.25) is 0 Å². The van der Waals surface area contributed by atoms with Crippen molar-refractivity contribution in [1.82, 2.24) is 4.98 Å². The molecule has 0 aliphatic rings. The van der Waals surface area contributed by atoms with E-state index in [1.54, 1.807) is 31.3 Å². The number of hydrogen-bond acceptors (Lipinski definition) is 5. The standard InChI is InChI=1S/C14H14N4O3/c1-10(19)17(2)12-6-3-5-11(9-12)16-14-13(18(20)21)7-4-8-15-14/h3-9H,1-2H3,(H,15,16). The zero-order chi connectivity index (χ0) is 15.4. The van der Waals surface area contributed by atoms with Crippen molar-refractivity contribution in [3.05, 3.63) is 52.7 Å². The monoisotopic (exact) mass is 286 g/mol. The molecule has 1 aromatic carbocycles. The Morgan fingerprint density at radius 3 is 2.76 bits per heavy atom. The molecule has 1 N–H and O–H groups in total. The van der Waals surface area contributed by atoms with Crippen molar-refractivity contribution in [3.8, 4) is 0 Å². The van der Waals surface area contributed by atoms with Crippen LogP contribution in [0.3, 0.4) is 0 Å². The normalized spacial score (nSPS) is 10.0. The maximum atomic E-state index is 11.4. The smallest absolute Gasteiger partial charge is 0.311 e. The highest BCUT2D eigenvalue weighted by atomic mass is 16.6. The summed E-state index contributed by atoms with van der Waals surface area (Å²) in [4.78, 5) is 27.3. The van der Waals surface area contributed by atoms with Gasteiger partial charge in [-0.3, -0.25) is 14.9 Å². The predicted molar refractivity (Wildman–Crippen MR) is 79.7 cm³/mol. The molecule has 0 bridgehead atoms. The summed E-state index contributed by atoms with van der Waals surface area (Å²) in [6.07, 6.45) is 1.47. The minimum atomic E-state index is -0.499. The second-order valence-corrected chi connectivity index (χ2v) is 4.38. The lowest BCUT2D eigenvalue weighted by Crippen LogP contribution is -2.22. The number of nitrogens with one attached hydrogen (secondary N) is 1. The Morgan fingerprint density at radius 2 is 2.10 bits per heavy atom. The van der Waals surface area contributed by atoms with Gasteiger partial charge >= 0.3 is 5.69 Å². The second-order valence-electron chi connectivity index (χ2n) is 4.38. The van der Waals surface area contributed by atoms with E-state index in [1.807, 2.05) is 0 Å². The minimum absolute atomic E-state index is 0.101. The van der Waals surface area contributed by atoms with Gasteiger partial charge in [-0.2, -0.15) is 0 Å². The fraction of sp³-hybridized carbons (Fsp3) is 0.143. The van der Waals surface area contributed by atoms with Crippen LogP contribution in [0, 0.1) is 10.1 Å². The van der Waals surface area contributed by atoms with Gasteiger partial charge in [0.25, 0.3) is 0 Å². The molecule has 1 aromatic heterocycles. The Kier molecular flexibility index (Phi) is 4.13. The summed E-state index contributed by atoms with van der Waals surface area (Å²) >= 11 is 0. The van der Waals surface area contributed by atoms with Crippen LogP contribution in [0.25, 0.3) is 0 Å². The Bertz CT molecular complexity index is 687. The van der Waals surface area contributed by atoms with Crippen molar-refractivity contribution >= 4 is 28.8 Å². The summed E-state index contributed by atoms with van der Waals surface area (Å²) in [5.41, 5.74) is 1.19. The fourth-order valence-corrected chi connectivity index (χ4v) is 1.75. The van der Waals surface area contributed by atoms with E-state index in [-0.39, 0.29) is 17.4 Å². The summed E-state index contributed by atoms with van der Waals surface area (Å²) in [5.74, 6) is 0.0566. The molecule has 0 fully saturated rings. The van der Waals surface area contributed by atoms with Gasteiger partial charge in [0.1, 0.15) is 0 Å². The lowest BCUT2D eigenvalue weighted by atomic mass is 10.2. The van der Waals surface area contributed by atoms with Crippen LogP contribution in [0.5, 0.6) is 0 Å². The van der Waals surface area contributed by atoms with Crippen molar-refractivity contribution in [2.45, 2.75) is 6.92 Å². The third kappa shape index (κ3) is 3.33. The predicted octanol–water partition coefficient (Wildman–Crippen LogP) is 2.72. The molecule has 0 aliphatic carbocycles. The number of nitro groups is 1. The van der Waals surface area contributed by atoms with Crippen LogP contribution in [0.4, 0.5) is 22.9 Å². The van der Waals surface area contributed by atoms with Crippen LogP contribution in [0.1, 0.15) is 6.92 Å². The number of amides is 1. The van der Waals surface area contributed by atoms with E-state index in [2.05, 4.69) is 10.3 Å². The summed E-state index contributed by atoms with van der Waals surface area (Å²) in [5, 5.41) is 13.8. The minimum Gasteiger partial charge on any atom is -0.334 e. The maximum Gasteiger partial charge on any atom is 0.311 e. The average Bonchev–Trinajstić information content (AvgIpc) is 2.47. The Hall–Kier alpha value is -2.96. The summed E-state index contributed by atoms with van der Waals surface area (Å²) in [7, 11) is 1.66. The van der Waals surface area contributed by atoms with Crippen molar-refractivity contribution in [3.63, 3.8) is 0 Å². The molecule has 7 heteroatoms. The average molecular weight is 286 g/mol. The van der Waals surface area contributed by atoms with Crippen LogP contribution < -0.4 is 10.2 Å². The Labute approximate surface area is 121 Å². The first-order valence-electron chi connectivity index (χ1n) is 6.20. The van der Waals surface area contributed by atoms with Gasteiger partial charge in [0.05, 0.1) is 4.92 Å². The van der Waals surface area contributed by atoms with E-state index >= 15 is 0 Å². The number of benzene rings is 1. The lowest BCUT2D eigenvalue weighted by molar-refractivity contribution is -0.384. The molecule has 2 rings (SSSR count). The molecule has 0 atom stereocenters. The SMILES string of the molecule is CC(=O)N(C)c1cccc(Nc2ncccc2[N+](=O)[O-])c1. The number of aromatic nitrogens is 1. The van der Waals surface area contributed by atoms with Gasteiger partial charge in [0.2, 0.25) is 11.7 Å². The summed E-state index contributed by atoms with van der Waals surface area (Å²) < 4.78 is 0. The van der Waals surface area contributed by atoms with E-state index in [0.29, 0.717) is 11.4 Å². The number of nitrogens with zero attached hydrogens (tertiary/aromatic N) is 3. The molecule has 0 radical (unpaired) electrons. The molecule has 0 spiro atoms. The van der Waals surface area contributed by atoms with Gasteiger partial charge in [-0.15, -0.1) is 0 Å². The Morgan fingerprint density at radius 1 is 1.33 bits per heavy atom. The van der Waals surface area contributed by atoms with Gasteiger partial charge in [-0.1, -0.05) is 6.07 Å². The molecule has 21 heavy (non-hydrogen) atoms. The first-order valence-corrected chi connectivity index (χ1v) is 6.20. The number of carbonyl (C=O) groups excluding carboxylic acids is 1. The van der Waals surface area contributed by atoms with Crippen LogP contribution >= 0.6 is 0 Å². The van der Waals surface area contributed by atoms with Gasteiger partial charge < -0.3 is 10.2 Å². The molecular weight excluding hydrogens is 272 g/mol. The molecule has 1 heterocycles. The number of anilines is 3. The second kappa shape index (κ2) is 6.00. The van der Waals surface area contributed by atoms with Crippen LogP contribution in [-0.2, 0) is 4.79 Å².